The molecule has 1 aromatic carbocycles. The molecule has 2 aromatic heterocycles. The monoisotopic (exact) mass is 362 g/mol. The van der Waals surface area contributed by atoms with Gasteiger partial charge in [-0.15, -0.1) is 0 Å². The number of carbonyl (C=O) groups excluding carboxylic acids is 1. The van der Waals surface area contributed by atoms with Gasteiger partial charge in [0.25, 0.3) is 0 Å². The van der Waals surface area contributed by atoms with E-state index in [1.54, 1.807) is 0 Å². The van der Waals surface area contributed by atoms with E-state index >= 15 is 0 Å². The van der Waals surface area contributed by atoms with Gasteiger partial charge in [-0.3, -0.25) is 9.80 Å². The number of cyclic esters (lactones) is 1. The van der Waals surface area contributed by atoms with Crippen LogP contribution in [-0.4, -0.2) is 57.3 Å². The molecule has 6 nitrogen and oxygen atoms in total. The fraction of sp³-hybridized carbons (Fsp3) is 0.333. The molecule has 2 aliphatic rings. The minimum Gasteiger partial charge on any atom is -0.447 e. The number of hydrogen-bond acceptors (Lipinski definition) is 4. The van der Waals surface area contributed by atoms with Crippen molar-refractivity contribution in [3.63, 3.8) is 0 Å². The van der Waals surface area contributed by atoms with Crippen LogP contribution in [0.5, 0.6) is 0 Å². The number of piperazine rings is 1. The quantitative estimate of drug-likeness (QED) is 0.716. The lowest BCUT2D eigenvalue weighted by Gasteiger charge is -2.44. The second-order valence-electron chi connectivity index (χ2n) is 7.49. The first-order valence-electron chi connectivity index (χ1n) is 9.36. The molecular weight excluding hydrogens is 340 g/mol. The third kappa shape index (κ3) is 2.86. The van der Waals surface area contributed by atoms with Crippen molar-refractivity contribution in [3.8, 4) is 0 Å². The zero-order valence-corrected chi connectivity index (χ0v) is 15.1. The SMILES string of the molecule is O=C1OCC2(Cc3ccccc3)CN(Cc3cccc4ccnn34)CCN12. The molecular formula is C21H22N4O2. The highest BCUT2D eigenvalue weighted by Gasteiger charge is 2.50. The van der Waals surface area contributed by atoms with E-state index in [4.69, 9.17) is 4.74 Å². The number of hydrogen-bond donors (Lipinski definition) is 0. The Morgan fingerprint density at radius 1 is 1.04 bits per heavy atom. The maximum atomic E-state index is 12.3. The van der Waals surface area contributed by atoms with E-state index in [1.165, 1.54) is 5.56 Å². The Morgan fingerprint density at radius 3 is 2.81 bits per heavy atom. The van der Waals surface area contributed by atoms with E-state index in [0.29, 0.717) is 13.2 Å². The maximum absolute atomic E-state index is 12.3. The fourth-order valence-electron chi connectivity index (χ4n) is 4.41. The maximum Gasteiger partial charge on any atom is 0.410 e. The van der Waals surface area contributed by atoms with Crippen LogP contribution in [0, 0.1) is 0 Å². The molecule has 0 spiro atoms. The molecule has 0 N–H and O–H groups in total. The molecule has 2 saturated heterocycles. The molecule has 6 heteroatoms. The predicted octanol–water partition coefficient (Wildman–Crippen LogP) is 2.58. The van der Waals surface area contributed by atoms with Crippen LogP contribution in [0.25, 0.3) is 5.52 Å². The number of benzene rings is 1. The average molecular weight is 362 g/mol. The summed E-state index contributed by atoms with van der Waals surface area (Å²) in [6.07, 6.45) is 2.46. The lowest BCUT2D eigenvalue weighted by molar-refractivity contribution is 0.0467. The van der Waals surface area contributed by atoms with E-state index in [-0.39, 0.29) is 11.6 Å². The molecule has 0 bridgehead atoms. The van der Waals surface area contributed by atoms with Crippen LogP contribution in [0.1, 0.15) is 11.3 Å². The third-order valence-corrected chi connectivity index (χ3v) is 5.68. The summed E-state index contributed by atoms with van der Waals surface area (Å²) in [5.41, 5.74) is 3.20. The molecule has 0 aliphatic carbocycles. The van der Waals surface area contributed by atoms with Crippen LogP contribution in [-0.2, 0) is 17.7 Å². The molecule has 1 atom stereocenters. The Kier molecular flexibility index (Phi) is 3.86. The van der Waals surface area contributed by atoms with Gasteiger partial charge >= 0.3 is 6.09 Å². The van der Waals surface area contributed by atoms with Crippen LogP contribution in [0.15, 0.2) is 60.8 Å². The molecule has 3 aromatic rings. The van der Waals surface area contributed by atoms with Crippen molar-refractivity contribution in [2.45, 2.75) is 18.5 Å². The second-order valence-corrected chi connectivity index (χ2v) is 7.49. The Bertz CT molecular complexity index is 970. The number of pyridine rings is 1. The number of carbonyl (C=O) groups is 1. The first kappa shape index (κ1) is 16.3. The fourth-order valence-corrected chi connectivity index (χ4v) is 4.41. The summed E-state index contributed by atoms with van der Waals surface area (Å²) in [5.74, 6) is 0. The van der Waals surface area contributed by atoms with Crippen molar-refractivity contribution in [2.75, 3.05) is 26.2 Å². The van der Waals surface area contributed by atoms with E-state index in [9.17, 15) is 4.79 Å². The van der Waals surface area contributed by atoms with Gasteiger partial charge in [0.05, 0.1) is 16.7 Å². The van der Waals surface area contributed by atoms with Gasteiger partial charge in [0, 0.05) is 38.8 Å². The molecule has 138 valence electrons. The Labute approximate surface area is 157 Å². The molecule has 2 aliphatic heterocycles. The summed E-state index contributed by atoms with van der Waals surface area (Å²) in [6, 6.07) is 18.6. The number of ether oxygens (including phenoxy) is 1. The molecule has 27 heavy (non-hydrogen) atoms. The minimum absolute atomic E-state index is 0.181. The Balaban J connectivity index is 1.41. The third-order valence-electron chi connectivity index (χ3n) is 5.68. The first-order chi connectivity index (χ1) is 13.2. The van der Waals surface area contributed by atoms with Crippen molar-refractivity contribution in [3.05, 3.63) is 72.1 Å². The molecule has 1 unspecified atom stereocenters. The number of nitrogens with zero attached hydrogens (tertiary/aromatic N) is 4. The van der Waals surface area contributed by atoms with Crippen LogP contribution >= 0.6 is 0 Å². The average Bonchev–Trinajstić information content (AvgIpc) is 3.28. The Morgan fingerprint density at radius 2 is 1.93 bits per heavy atom. The molecule has 0 radical (unpaired) electrons. The van der Waals surface area contributed by atoms with Gasteiger partial charge in [-0.2, -0.15) is 5.10 Å². The summed E-state index contributed by atoms with van der Waals surface area (Å²) >= 11 is 0. The normalized spacial score (nSPS) is 22.8. The van der Waals surface area contributed by atoms with Crippen LogP contribution in [0.2, 0.25) is 0 Å². The summed E-state index contributed by atoms with van der Waals surface area (Å²) < 4.78 is 7.47. The van der Waals surface area contributed by atoms with Crippen molar-refractivity contribution in [1.29, 1.82) is 0 Å². The van der Waals surface area contributed by atoms with Gasteiger partial charge in [0.15, 0.2) is 0 Å². The zero-order chi connectivity index (χ0) is 18.3. The molecule has 5 rings (SSSR count). The van der Waals surface area contributed by atoms with Crippen LogP contribution < -0.4 is 0 Å². The van der Waals surface area contributed by atoms with Crippen LogP contribution in [0.4, 0.5) is 4.79 Å². The van der Waals surface area contributed by atoms with E-state index in [2.05, 4.69) is 40.3 Å². The van der Waals surface area contributed by atoms with Crippen LogP contribution in [0.3, 0.4) is 0 Å². The zero-order valence-electron chi connectivity index (χ0n) is 15.1. The van der Waals surface area contributed by atoms with Crippen molar-refractivity contribution < 1.29 is 9.53 Å². The summed E-state index contributed by atoms with van der Waals surface area (Å²) in [6.45, 7) is 3.58. The van der Waals surface area contributed by atoms with Gasteiger partial charge in [-0.1, -0.05) is 36.4 Å². The van der Waals surface area contributed by atoms with Gasteiger partial charge < -0.3 is 4.74 Å². The van der Waals surface area contributed by atoms with Crippen molar-refractivity contribution in [1.82, 2.24) is 19.4 Å². The van der Waals surface area contributed by atoms with E-state index in [0.717, 1.165) is 37.3 Å². The highest BCUT2D eigenvalue weighted by atomic mass is 16.6. The van der Waals surface area contributed by atoms with Gasteiger partial charge in [-0.05, 0) is 23.8 Å². The summed E-state index contributed by atoms with van der Waals surface area (Å²) in [7, 11) is 0. The summed E-state index contributed by atoms with van der Waals surface area (Å²) in [4.78, 5) is 16.6. The molecule has 2 fully saturated rings. The van der Waals surface area contributed by atoms with Gasteiger partial charge in [0.1, 0.15) is 6.61 Å². The lowest BCUT2D eigenvalue weighted by atomic mass is 9.88. The standard InChI is InChI=1S/C21H22N4O2/c26-20-24-12-11-23(14-19-8-4-7-18-9-10-22-25(18)19)15-21(24,16-27-20)13-17-5-2-1-3-6-17/h1-10H,11-16H2. The number of rotatable bonds is 4. The van der Waals surface area contributed by atoms with Crippen molar-refractivity contribution in [2.24, 2.45) is 0 Å². The van der Waals surface area contributed by atoms with E-state index < -0.39 is 0 Å². The molecule has 0 saturated carbocycles. The lowest BCUT2D eigenvalue weighted by Crippen LogP contribution is -2.62. The number of amides is 1. The Hall–Kier alpha value is -2.86. The molecule has 1 amide bonds. The topological polar surface area (TPSA) is 50.1 Å². The van der Waals surface area contributed by atoms with E-state index in [1.807, 2.05) is 39.9 Å². The number of fused-ring (bicyclic) bond motifs is 2. The molecule has 4 heterocycles. The first-order valence-corrected chi connectivity index (χ1v) is 9.36. The largest absolute Gasteiger partial charge is 0.447 e. The second kappa shape index (κ2) is 6.39. The van der Waals surface area contributed by atoms with Gasteiger partial charge in [0.2, 0.25) is 0 Å². The van der Waals surface area contributed by atoms with Gasteiger partial charge in [-0.25, -0.2) is 9.31 Å². The smallest absolute Gasteiger partial charge is 0.410 e. The highest BCUT2D eigenvalue weighted by Crippen LogP contribution is 2.32. The summed E-state index contributed by atoms with van der Waals surface area (Å²) in [5, 5.41) is 4.45. The van der Waals surface area contributed by atoms with Crippen molar-refractivity contribution >= 4 is 11.6 Å². The minimum atomic E-state index is -0.297. The highest BCUT2D eigenvalue weighted by molar-refractivity contribution is 5.71. The predicted molar refractivity (Wildman–Crippen MR) is 101 cm³/mol. The number of aromatic nitrogens is 2.